The second-order valence-corrected chi connectivity index (χ2v) is 6.93. The predicted octanol–water partition coefficient (Wildman–Crippen LogP) is 1.49. The summed E-state index contributed by atoms with van der Waals surface area (Å²) < 4.78 is 5.22. The fourth-order valence-electron chi connectivity index (χ4n) is 1.47. The van der Waals surface area contributed by atoms with E-state index in [0.29, 0.717) is 4.24 Å². The van der Waals surface area contributed by atoms with Crippen molar-refractivity contribution >= 4 is 35.3 Å². The number of ether oxygens (including phenoxy) is 1. The Labute approximate surface area is 120 Å². The van der Waals surface area contributed by atoms with Gasteiger partial charge in [0.15, 0.2) is 5.78 Å². The average Bonchev–Trinajstić information content (AvgIpc) is 2.58. The van der Waals surface area contributed by atoms with Crippen LogP contribution in [0.3, 0.4) is 0 Å². The summed E-state index contributed by atoms with van der Waals surface area (Å²) >= 11 is 1.84. The van der Waals surface area contributed by atoms with Crippen molar-refractivity contribution in [3.8, 4) is 0 Å². The number of Topliss-reactive ketones (excluding diaryl/α,β-unsaturated/α-hetero) is 1. The Balaban J connectivity index is 3.02. The lowest BCUT2D eigenvalue weighted by Gasteiger charge is -2.10. The molecule has 2 atom stereocenters. The lowest BCUT2D eigenvalue weighted by molar-refractivity contribution is -0.140. The van der Waals surface area contributed by atoms with Gasteiger partial charge in [-0.05, 0) is 12.8 Å². The Hall–Kier alpha value is -0.500. The number of thioether (sulfide) groups is 2. The molecule has 0 aromatic heterocycles. The van der Waals surface area contributed by atoms with Crippen molar-refractivity contribution < 1.29 is 24.5 Å². The minimum atomic E-state index is -1.03. The fraction of sp³-hybridized carbons (Fsp3) is 0.667. The number of carbonyl (C=O) groups is 2. The van der Waals surface area contributed by atoms with Gasteiger partial charge in [-0.25, -0.2) is 4.79 Å². The Bertz CT molecular complexity index is 380. The number of rotatable bonds is 5. The van der Waals surface area contributed by atoms with E-state index >= 15 is 0 Å². The molecule has 1 aliphatic rings. The highest BCUT2D eigenvalue weighted by molar-refractivity contribution is 8.25. The molecule has 2 N–H and O–H groups in total. The average molecular weight is 306 g/mol. The number of hydrogen-bond donors (Lipinski definition) is 2. The van der Waals surface area contributed by atoms with Crippen molar-refractivity contribution in [1.29, 1.82) is 0 Å². The quantitative estimate of drug-likeness (QED) is 0.344. The molecule has 19 heavy (non-hydrogen) atoms. The zero-order chi connectivity index (χ0) is 14.6. The molecule has 5 nitrogen and oxygen atoms in total. The standard InChI is InChI=1S/C12H18O5S2/c1-4-17-9(14)8(7(13)5-6(2)3)12-18-10(15)11(16)19-12/h6,10-11,15-16H,4-5H2,1-3H3. The molecule has 1 aliphatic heterocycles. The first-order valence-electron chi connectivity index (χ1n) is 6.00. The van der Waals surface area contributed by atoms with Gasteiger partial charge in [-0.15, -0.1) is 0 Å². The van der Waals surface area contributed by atoms with Crippen LogP contribution >= 0.6 is 23.5 Å². The smallest absolute Gasteiger partial charge is 0.343 e. The summed E-state index contributed by atoms with van der Waals surface area (Å²) in [4.78, 5) is 24.0. The van der Waals surface area contributed by atoms with Crippen LogP contribution in [0.15, 0.2) is 9.81 Å². The summed E-state index contributed by atoms with van der Waals surface area (Å²) in [6, 6.07) is 0. The van der Waals surface area contributed by atoms with Crippen LogP contribution in [0.4, 0.5) is 0 Å². The predicted molar refractivity (Wildman–Crippen MR) is 75.3 cm³/mol. The van der Waals surface area contributed by atoms with E-state index in [1.807, 2.05) is 13.8 Å². The summed E-state index contributed by atoms with van der Waals surface area (Å²) in [5, 5.41) is 19.0. The van der Waals surface area contributed by atoms with Crippen LogP contribution < -0.4 is 0 Å². The maximum absolute atomic E-state index is 12.1. The number of hydrogen-bond acceptors (Lipinski definition) is 7. The van der Waals surface area contributed by atoms with E-state index in [1.165, 1.54) is 0 Å². The number of carbonyl (C=O) groups excluding carboxylic acids is 2. The summed E-state index contributed by atoms with van der Waals surface area (Å²) in [5.41, 5.74) is -2.12. The molecule has 1 saturated heterocycles. The van der Waals surface area contributed by atoms with Crippen LogP contribution in [0.5, 0.6) is 0 Å². The molecule has 1 fully saturated rings. The van der Waals surface area contributed by atoms with Crippen molar-refractivity contribution in [1.82, 2.24) is 0 Å². The van der Waals surface area contributed by atoms with Gasteiger partial charge in [0.05, 0.1) is 10.8 Å². The van der Waals surface area contributed by atoms with Crippen LogP contribution in [0.2, 0.25) is 0 Å². The summed E-state index contributed by atoms with van der Waals surface area (Å²) in [7, 11) is 0. The molecule has 108 valence electrons. The SMILES string of the molecule is CCOC(=O)C(C(=O)CC(C)C)=C1SC(O)C(O)S1. The highest BCUT2D eigenvalue weighted by Crippen LogP contribution is 2.47. The van der Waals surface area contributed by atoms with Crippen LogP contribution in [-0.4, -0.2) is 39.4 Å². The van der Waals surface area contributed by atoms with Gasteiger partial charge in [0, 0.05) is 6.42 Å². The molecular weight excluding hydrogens is 288 g/mol. The van der Waals surface area contributed by atoms with E-state index in [4.69, 9.17) is 4.74 Å². The molecule has 0 radical (unpaired) electrons. The highest BCUT2D eigenvalue weighted by Gasteiger charge is 2.35. The summed E-state index contributed by atoms with van der Waals surface area (Å²) in [6.07, 6.45) is 0.227. The topological polar surface area (TPSA) is 83.8 Å². The molecule has 0 saturated carbocycles. The Morgan fingerprint density at radius 2 is 1.79 bits per heavy atom. The molecule has 1 heterocycles. The van der Waals surface area contributed by atoms with Crippen molar-refractivity contribution in [3.05, 3.63) is 9.81 Å². The molecule has 0 aromatic rings. The Morgan fingerprint density at radius 1 is 1.26 bits per heavy atom. The maximum atomic E-state index is 12.1. The second kappa shape index (κ2) is 7.33. The van der Waals surface area contributed by atoms with Crippen LogP contribution in [0.1, 0.15) is 27.2 Å². The monoisotopic (exact) mass is 306 g/mol. The van der Waals surface area contributed by atoms with Crippen LogP contribution in [-0.2, 0) is 14.3 Å². The van der Waals surface area contributed by atoms with Gasteiger partial charge in [0.25, 0.3) is 0 Å². The largest absolute Gasteiger partial charge is 0.462 e. The number of esters is 1. The summed E-state index contributed by atoms with van der Waals surface area (Å²) in [5.74, 6) is -0.891. The Morgan fingerprint density at radius 3 is 2.21 bits per heavy atom. The summed E-state index contributed by atoms with van der Waals surface area (Å²) in [6.45, 7) is 5.59. The van der Waals surface area contributed by atoms with Crippen molar-refractivity contribution in [2.75, 3.05) is 6.61 Å². The zero-order valence-corrected chi connectivity index (χ0v) is 12.7. The molecule has 1 rings (SSSR count). The minimum Gasteiger partial charge on any atom is -0.462 e. The Kier molecular flexibility index (Phi) is 6.38. The van der Waals surface area contributed by atoms with Gasteiger partial charge in [0.1, 0.15) is 16.4 Å². The number of ketones is 1. The first-order chi connectivity index (χ1) is 8.86. The molecule has 0 aliphatic carbocycles. The van der Waals surface area contributed by atoms with Gasteiger partial charge in [-0.2, -0.15) is 0 Å². The van der Waals surface area contributed by atoms with E-state index in [2.05, 4.69) is 0 Å². The highest BCUT2D eigenvalue weighted by atomic mass is 32.2. The molecule has 0 bridgehead atoms. The van der Waals surface area contributed by atoms with Gasteiger partial charge in [-0.1, -0.05) is 37.4 Å². The van der Waals surface area contributed by atoms with E-state index in [9.17, 15) is 19.8 Å². The van der Waals surface area contributed by atoms with E-state index in [-0.39, 0.29) is 30.3 Å². The molecule has 2 unspecified atom stereocenters. The molecule has 0 spiro atoms. The third-order valence-corrected chi connectivity index (χ3v) is 4.84. The molecule has 0 amide bonds. The maximum Gasteiger partial charge on any atom is 0.343 e. The lowest BCUT2D eigenvalue weighted by atomic mass is 10.0. The first kappa shape index (κ1) is 16.6. The molecule has 0 aromatic carbocycles. The lowest BCUT2D eigenvalue weighted by Crippen LogP contribution is -2.18. The van der Waals surface area contributed by atoms with Gasteiger partial charge in [-0.3, -0.25) is 4.79 Å². The van der Waals surface area contributed by atoms with Gasteiger partial charge in [0.2, 0.25) is 0 Å². The third-order valence-electron chi connectivity index (χ3n) is 2.26. The molecule has 7 heteroatoms. The minimum absolute atomic E-state index is 0.0545. The van der Waals surface area contributed by atoms with E-state index in [0.717, 1.165) is 23.5 Å². The zero-order valence-electron chi connectivity index (χ0n) is 11.1. The first-order valence-corrected chi connectivity index (χ1v) is 7.76. The fourth-order valence-corrected chi connectivity index (χ4v) is 3.92. The van der Waals surface area contributed by atoms with Gasteiger partial charge >= 0.3 is 5.97 Å². The van der Waals surface area contributed by atoms with Crippen LogP contribution in [0, 0.1) is 5.92 Å². The van der Waals surface area contributed by atoms with Crippen molar-refractivity contribution in [2.45, 2.75) is 38.1 Å². The van der Waals surface area contributed by atoms with E-state index in [1.54, 1.807) is 6.92 Å². The van der Waals surface area contributed by atoms with Crippen molar-refractivity contribution in [2.24, 2.45) is 5.92 Å². The molecular formula is C12H18O5S2. The van der Waals surface area contributed by atoms with Crippen LogP contribution in [0.25, 0.3) is 0 Å². The number of aliphatic hydroxyl groups excluding tert-OH is 2. The van der Waals surface area contributed by atoms with Crippen molar-refractivity contribution in [3.63, 3.8) is 0 Å². The van der Waals surface area contributed by atoms with E-state index < -0.39 is 16.8 Å². The normalized spacial score (nSPS) is 22.7. The van der Waals surface area contributed by atoms with Gasteiger partial charge < -0.3 is 14.9 Å². The second-order valence-electron chi connectivity index (χ2n) is 4.42. The number of aliphatic hydroxyl groups is 2. The third kappa shape index (κ3) is 4.52.